The minimum atomic E-state index is -0.289. The van der Waals surface area contributed by atoms with Crippen LogP contribution in [-0.4, -0.2) is 16.1 Å². The molecule has 0 bridgehead atoms. The summed E-state index contributed by atoms with van der Waals surface area (Å²) in [6, 6.07) is 8.00. The third kappa shape index (κ3) is 3.00. The molecule has 2 heterocycles. The number of carbonyl (C=O) groups is 1. The van der Waals surface area contributed by atoms with Crippen LogP contribution in [0, 0.1) is 11.2 Å². The van der Waals surface area contributed by atoms with Gasteiger partial charge in [-0.3, -0.25) is 15.2 Å². The second-order valence-electron chi connectivity index (χ2n) is 4.41. The molecule has 104 valence electrons. The molecule has 0 spiro atoms. The van der Waals surface area contributed by atoms with Crippen molar-refractivity contribution in [2.24, 2.45) is 0 Å². The number of halogens is 1. The number of aromatic nitrogens is 1. The SMILES string of the molecule is N=C1NC(=O)/C(=C/c2cncc(-c3ccc(F)cc3)c2)S1. The van der Waals surface area contributed by atoms with Crippen molar-refractivity contribution in [3.05, 3.63) is 59.0 Å². The molecule has 1 aliphatic rings. The highest BCUT2D eigenvalue weighted by Gasteiger charge is 2.22. The number of carbonyl (C=O) groups excluding carboxylic acids is 1. The van der Waals surface area contributed by atoms with Gasteiger partial charge in [0.25, 0.3) is 5.91 Å². The van der Waals surface area contributed by atoms with Crippen molar-refractivity contribution in [2.75, 3.05) is 0 Å². The molecule has 0 atom stereocenters. The Kier molecular flexibility index (Phi) is 3.53. The summed E-state index contributed by atoms with van der Waals surface area (Å²) in [6.45, 7) is 0. The minimum absolute atomic E-state index is 0.119. The molecule has 1 aromatic carbocycles. The van der Waals surface area contributed by atoms with E-state index >= 15 is 0 Å². The Bertz CT molecular complexity index is 756. The van der Waals surface area contributed by atoms with E-state index in [-0.39, 0.29) is 16.9 Å². The van der Waals surface area contributed by atoms with Crippen molar-refractivity contribution in [3.8, 4) is 11.1 Å². The highest BCUT2D eigenvalue weighted by atomic mass is 32.2. The molecule has 1 amide bonds. The minimum Gasteiger partial charge on any atom is -0.301 e. The fourth-order valence-electron chi connectivity index (χ4n) is 1.93. The third-order valence-corrected chi connectivity index (χ3v) is 3.73. The molecule has 2 aromatic rings. The number of hydrogen-bond acceptors (Lipinski definition) is 4. The molecule has 0 radical (unpaired) electrons. The van der Waals surface area contributed by atoms with E-state index in [0.29, 0.717) is 4.91 Å². The van der Waals surface area contributed by atoms with Crippen molar-refractivity contribution in [3.63, 3.8) is 0 Å². The number of thioether (sulfide) groups is 1. The quantitative estimate of drug-likeness (QED) is 0.838. The van der Waals surface area contributed by atoms with Crippen LogP contribution in [0.3, 0.4) is 0 Å². The van der Waals surface area contributed by atoms with Gasteiger partial charge in [-0.15, -0.1) is 0 Å². The number of pyridine rings is 1. The molecule has 4 nitrogen and oxygen atoms in total. The molecule has 3 rings (SSSR count). The first-order valence-corrected chi connectivity index (χ1v) is 6.94. The molecule has 1 fully saturated rings. The number of hydrogen-bond donors (Lipinski definition) is 2. The summed E-state index contributed by atoms with van der Waals surface area (Å²) in [6.07, 6.45) is 5.00. The Morgan fingerprint density at radius 2 is 1.95 bits per heavy atom. The zero-order valence-corrected chi connectivity index (χ0v) is 11.6. The van der Waals surface area contributed by atoms with Crippen LogP contribution in [0.4, 0.5) is 4.39 Å². The third-order valence-electron chi connectivity index (χ3n) is 2.90. The van der Waals surface area contributed by atoms with Crippen LogP contribution in [0.15, 0.2) is 47.6 Å². The predicted octanol–water partition coefficient (Wildman–Crippen LogP) is 3.03. The lowest BCUT2D eigenvalue weighted by atomic mass is 10.1. The van der Waals surface area contributed by atoms with Crippen molar-refractivity contribution in [2.45, 2.75) is 0 Å². The van der Waals surface area contributed by atoms with Crippen LogP contribution in [0.25, 0.3) is 17.2 Å². The van der Waals surface area contributed by atoms with Gasteiger partial charge in [-0.05, 0) is 47.2 Å². The lowest BCUT2D eigenvalue weighted by Gasteiger charge is -2.02. The van der Waals surface area contributed by atoms with E-state index in [2.05, 4.69) is 10.3 Å². The topological polar surface area (TPSA) is 65.8 Å². The highest BCUT2D eigenvalue weighted by Crippen LogP contribution is 2.26. The van der Waals surface area contributed by atoms with E-state index in [9.17, 15) is 9.18 Å². The standard InChI is InChI=1S/C15H10FN3OS/c16-12-3-1-10(2-4-12)11-5-9(7-18-8-11)6-13-14(20)19-15(17)21-13/h1-8H,(H2,17,19,20)/b13-6-. The number of nitrogens with zero attached hydrogens (tertiary/aromatic N) is 1. The summed E-state index contributed by atoms with van der Waals surface area (Å²) < 4.78 is 12.9. The van der Waals surface area contributed by atoms with Crippen molar-refractivity contribution >= 4 is 28.9 Å². The van der Waals surface area contributed by atoms with E-state index in [1.165, 1.54) is 12.1 Å². The van der Waals surface area contributed by atoms with Crippen LogP contribution >= 0.6 is 11.8 Å². The summed E-state index contributed by atoms with van der Waals surface area (Å²) in [5.41, 5.74) is 2.44. The second-order valence-corrected chi connectivity index (χ2v) is 5.46. The summed E-state index contributed by atoms with van der Waals surface area (Å²) in [7, 11) is 0. The monoisotopic (exact) mass is 299 g/mol. The van der Waals surface area contributed by atoms with E-state index in [0.717, 1.165) is 28.5 Å². The molecular formula is C15H10FN3OS. The van der Waals surface area contributed by atoms with Crippen LogP contribution in [0.1, 0.15) is 5.56 Å². The lowest BCUT2D eigenvalue weighted by Crippen LogP contribution is -2.18. The van der Waals surface area contributed by atoms with Gasteiger partial charge < -0.3 is 5.32 Å². The molecule has 0 unspecified atom stereocenters. The molecule has 2 N–H and O–H groups in total. The Balaban J connectivity index is 1.93. The maximum Gasteiger partial charge on any atom is 0.264 e. The van der Waals surface area contributed by atoms with Gasteiger partial charge >= 0.3 is 0 Å². The summed E-state index contributed by atoms with van der Waals surface area (Å²) in [5, 5.41) is 9.95. The maximum absolute atomic E-state index is 12.9. The van der Waals surface area contributed by atoms with Crippen molar-refractivity contribution in [1.29, 1.82) is 5.41 Å². The molecule has 1 aromatic heterocycles. The number of rotatable bonds is 2. The molecule has 1 aliphatic heterocycles. The largest absolute Gasteiger partial charge is 0.301 e. The number of amidine groups is 1. The molecule has 0 saturated carbocycles. The fourth-order valence-corrected chi connectivity index (χ4v) is 2.63. The average Bonchev–Trinajstić information content (AvgIpc) is 2.78. The smallest absolute Gasteiger partial charge is 0.264 e. The Morgan fingerprint density at radius 3 is 2.62 bits per heavy atom. The number of benzene rings is 1. The van der Waals surface area contributed by atoms with Gasteiger partial charge in [0.05, 0.1) is 4.91 Å². The molecule has 21 heavy (non-hydrogen) atoms. The van der Waals surface area contributed by atoms with Crippen molar-refractivity contribution in [1.82, 2.24) is 10.3 Å². The van der Waals surface area contributed by atoms with Gasteiger partial charge in [-0.2, -0.15) is 0 Å². The summed E-state index contributed by atoms with van der Waals surface area (Å²) >= 11 is 1.08. The van der Waals surface area contributed by atoms with Crippen molar-refractivity contribution < 1.29 is 9.18 Å². The first-order chi connectivity index (χ1) is 10.1. The van der Waals surface area contributed by atoms with Crippen LogP contribution in [0.2, 0.25) is 0 Å². The first-order valence-electron chi connectivity index (χ1n) is 6.12. The van der Waals surface area contributed by atoms with Gasteiger partial charge in [0.15, 0.2) is 5.17 Å². The Hall–Kier alpha value is -2.47. The maximum atomic E-state index is 12.9. The fraction of sp³-hybridized carbons (Fsp3) is 0. The van der Waals surface area contributed by atoms with E-state index < -0.39 is 0 Å². The Morgan fingerprint density at radius 1 is 1.19 bits per heavy atom. The summed E-state index contributed by atoms with van der Waals surface area (Å²) in [4.78, 5) is 16.2. The molecule has 1 saturated heterocycles. The van der Waals surface area contributed by atoms with Gasteiger partial charge in [0, 0.05) is 18.0 Å². The predicted molar refractivity (Wildman–Crippen MR) is 81.1 cm³/mol. The number of nitrogens with one attached hydrogen (secondary N) is 2. The van der Waals surface area contributed by atoms with E-state index in [4.69, 9.17) is 5.41 Å². The van der Waals surface area contributed by atoms with Gasteiger partial charge in [0.1, 0.15) is 5.82 Å². The molecular weight excluding hydrogens is 289 g/mol. The number of amides is 1. The first kappa shape index (κ1) is 13.5. The average molecular weight is 299 g/mol. The lowest BCUT2D eigenvalue weighted by molar-refractivity contribution is -0.115. The normalized spacial score (nSPS) is 16.3. The van der Waals surface area contributed by atoms with Gasteiger partial charge in [-0.1, -0.05) is 12.1 Å². The van der Waals surface area contributed by atoms with Crippen LogP contribution in [-0.2, 0) is 4.79 Å². The second kappa shape index (κ2) is 5.49. The molecule has 0 aliphatic carbocycles. The van der Waals surface area contributed by atoms with Crippen LogP contribution in [0.5, 0.6) is 0 Å². The van der Waals surface area contributed by atoms with Crippen LogP contribution < -0.4 is 5.32 Å². The summed E-state index contributed by atoms with van der Waals surface area (Å²) in [5.74, 6) is -0.570. The van der Waals surface area contributed by atoms with Gasteiger partial charge in [-0.25, -0.2) is 4.39 Å². The van der Waals surface area contributed by atoms with E-state index in [1.54, 1.807) is 30.6 Å². The highest BCUT2D eigenvalue weighted by molar-refractivity contribution is 8.18. The van der Waals surface area contributed by atoms with E-state index in [1.807, 2.05) is 6.07 Å². The van der Waals surface area contributed by atoms with Gasteiger partial charge in [0.2, 0.25) is 0 Å². The Labute approximate surface area is 124 Å². The zero-order chi connectivity index (χ0) is 14.8. The zero-order valence-electron chi connectivity index (χ0n) is 10.8. The molecule has 6 heteroatoms.